The van der Waals surface area contributed by atoms with Gasteiger partial charge >= 0.3 is 0 Å². The van der Waals surface area contributed by atoms with Gasteiger partial charge in [0, 0.05) is 66.4 Å². The van der Waals surface area contributed by atoms with Gasteiger partial charge in [0.1, 0.15) is 0 Å². The highest BCUT2D eigenvalue weighted by atomic mass is 15.2. The Bertz CT molecular complexity index is 4750. The Hall–Kier alpha value is -11.7. The lowest BCUT2D eigenvalue weighted by Gasteiger charge is -2.31. The van der Waals surface area contributed by atoms with Gasteiger partial charge in [0.05, 0.1) is 34.1 Å². The molecule has 4 heteroatoms. The number of fused-ring (bicyclic) bond motifs is 6. The molecule has 4 nitrogen and oxygen atoms in total. The first-order chi connectivity index (χ1) is 43.7. The topological polar surface area (TPSA) is 13.0 Å². The molecule has 0 aliphatic carbocycles. The fourth-order valence-electron chi connectivity index (χ4n) is 13.2. The standard InChI is InChI=1S/C84H58N4/c1-7-31-73-61(19-1)25-13-37-79(73)86(80-38-14-26-62-20-2-8-32-74(62)80)70-49-45-60(46-50-70)59-43-47-67(48-44-59)85(68-51-55-71(56-52-68)87(81-39-15-27-63-21-3-9-33-75(63)81)82-40-16-28-64-22-4-10-34-76(64)82)69-53-57-72(58-54-69)88(83-41-17-29-65-23-5-11-35-77(65)83)84-42-18-30-66-24-6-12-36-78(66)84/h1-58H. The van der Waals surface area contributed by atoms with Crippen LogP contribution in [0.3, 0.4) is 0 Å². The lowest BCUT2D eigenvalue weighted by atomic mass is 10.0. The van der Waals surface area contributed by atoms with Crippen molar-refractivity contribution < 1.29 is 0 Å². The van der Waals surface area contributed by atoms with Crippen LogP contribution in [0.1, 0.15) is 0 Å². The first kappa shape index (κ1) is 51.9. The Kier molecular flexibility index (Phi) is 13.2. The van der Waals surface area contributed by atoms with Crippen LogP contribution in [-0.2, 0) is 0 Å². The number of benzene rings is 16. The van der Waals surface area contributed by atoms with Gasteiger partial charge in [0.25, 0.3) is 0 Å². The van der Waals surface area contributed by atoms with Crippen LogP contribution < -0.4 is 19.6 Å². The fraction of sp³-hybridized carbons (Fsp3) is 0. The molecule has 414 valence electrons. The van der Waals surface area contributed by atoms with Gasteiger partial charge in [-0.05, 0) is 153 Å². The Morgan fingerprint density at radius 3 is 0.489 bits per heavy atom. The summed E-state index contributed by atoms with van der Waals surface area (Å²) in [6, 6.07) is 128. The molecule has 0 fully saturated rings. The smallest absolute Gasteiger partial charge is 0.0540 e. The summed E-state index contributed by atoms with van der Waals surface area (Å²) in [7, 11) is 0. The third-order valence-corrected chi connectivity index (χ3v) is 17.4. The van der Waals surface area contributed by atoms with E-state index in [1.54, 1.807) is 0 Å². The lowest BCUT2D eigenvalue weighted by Crippen LogP contribution is -2.13. The van der Waals surface area contributed by atoms with E-state index in [9.17, 15) is 0 Å². The minimum Gasteiger partial charge on any atom is -0.311 e. The summed E-state index contributed by atoms with van der Waals surface area (Å²) in [6.45, 7) is 0. The van der Waals surface area contributed by atoms with Crippen molar-refractivity contribution in [1.29, 1.82) is 0 Å². The van der Waals surface area contributed by atoms with Crippen LogP contribution in [0.15, 0.2) is 352 Å². The molecule has 88 heavy (non-hydrogen) atoms. The molecule has 0 saturated carbocycles. The van der Waals surface area contributed by atoms with Gasteiger partial charge in [-0.1, -0.05) is 243 Å². The lowest BCUT2D eigenvalue weighted by molar-refractivity contribution is 1.26. The van der Waals surface area contributed by atoms with E-state index < -0.39 is 0 Å². The van der Waals surface area contributed by atoms with E-state index in [1.807, 2.05) is 0 Å². The normalized spacial score (nSPS) is 11.4. The monoisotopic (exact) mass is 1120 g/mol. The molecule has 0 heterocycles. The predicted octanol–water partition coefficient (Wildman–Crippen LogP) is 24.2. The molecule has 0 spiro atoms. The minimum atomic E-state index is 1.03. The molecule has 16 rings (SSSR count). The summed E-state index contributed by atoms with van der Waals surface area (Å²) in [6.07, 6.45) is 0. The van der Waals surface area contributed by atoms with Crippen LogP contribution in [0, 0.1) is 0 Å². The largest absolute Gasteiger partial charge is 0.311 e. The van der Waals surface area contributed by atoms with Crippen molar-refractivity contribution in [2.75, 3.05) is 19.6 Å². The third-order valence-electron chi connectivity index (χ3n) is 17.4. The molecular weight excluding hydrogens is 1060 g/mol. The van der Waals surface area contributed by atoms with Crippen LogP contribution in [0.2, 0.25) is 0 Å². The van der Waals surface area contributed by atoms with E-state index in [1.165, 1.54) is 64.6 Å². The summed E-state index contributed by atoms with van der Waals surface area (Å²) in [5.41, 5.74) is 15.3. The van der Waals surface area contributed by atoms with E-state index in [-0.39, 0.29) is 0 Å². The number of nitrogens with zero attached hydrogens (tertiary/aromatic N) is 4. The molecule has 0 radical (unpaired) electrons. The highest BCUT2D eigenvalue weighted by molar-refractivity contribution is 6.08. The second-order valence-corrected chi connectivity index (χ2v) is 22.5. The van der Waals surface area contributed by atoms with Crippen LogP contribution in [0.25, 0.3) is 75.8 Å². The van der Waals surface area contributed by atoms with Crippen molar-refractivity contribution >= 4 is 133 Å². The van der Waals surface area contributed by atoms with Gasteiger partial charge in [-0.25, -0.2) is 0 Å². The summed E-state index contributed by atoms with van der Waals surface area (Å²) in [5.74, 6) is 0. The Morgan fingerprint density at radius 1 is 0.125 bits per heavy atom. The molecule has 0 aromatic heterocycles. The van der Waals surface area contributed by atoms with Crippen LogP contribution in [0.4, 0.5) is 68.2 Å². The first-order valence-corrected chi connectivity index (χ1v) is 30.1. The number of rotatable bonds is 13. The van der Waals surface area contributed by atoms with E-state index >= 15 is 0 Å². The van der Waals surface area contributed by atoms with E-state index in [0.29, 0.717) is 0 Å². The van der Waals surface area contributed by atoms with Gasteiger partial charge in [-0.2, -0.15) is 0 Å². The van der Waals surface area contributed by atoms with Gasteiger partial charge in [-0.15, -0.1) is 0 Å². The molecule has 0 N–H and O–H groups in total. The average Bonchev–Trinajstić information content (AvgIpc) is 2.09. The zero-order valence-electron chi connectivity index (χ0n) is 48.3. The SMILES string of the molecule is c1ccc2c(N(c3ccc(-c4ccc(N(c5ccc(N(c6cccc7ccccc67)c6cccc7ccccc67)cc5)c5ccc(N(c6cccc7ccccc67)c6cccc7ccccc67)cc5)cc4)cc3)c3cccc4ccccc34)cccc2c1. The average molecular weight is 1120 g/mol. The maximum atomic E-state index is 2.42. The summed E-state index contributed by atoms with van der Waals surface area (Å²) in [4.78, 5) is 9.64. The molecule has 0 bridgehead atoms. The second-order valence-electron chi connectivity index (χ2n) is 22.5. The van der Waals surface area contributed by atoms with Crippen molar-refractivity contribution in [3.05, 3.63) is 352 Å². The molecule has 0 atom stereocenters. The second kappa shape index (κ2) is 22.4. The highest BCUT2D eigenvalue weighted by Crippen LogP contribution is 2.48. The Morgan fingerprint density at radius 2 is 0.284 bits per heavy atom. The molecule has 0 saturated heterocycles. The molecular formula is C84H58N4. The molecule has 0 amide bonds. The zero-order valence-corrected chi connectivity index (χ0v) is 48.3. The van der Waals surface area contributed by atoms with Crippen molar-refractivity contribution in [3.8, 4) is 11.1 Å². The predicted molar refractivity (Wildman–Crippen MR) is 376 cm³/mol. The quantitative estimate of drug-likeness (QED) is 0.114. The summed E-state index contributed by atoms with van der Waals surface area (Å²) < 4.78 is 0. The van der Waals surface area contributed by atoms with Crippen molar-refractivity contribution in [2.24, 2.45) is 0 Å². The van der Waals surface area contributed by atoms with Crippen LogP contribution >= 0.6 is 0 Å². The molecule has 0 unspecified atom stereocenters. The van der Waals surface area contributed by atoms with E-state index in [0.717, 1.165) is 79.4 Å². The summed E-state index contributed by atoms with van der Waals surface area (Å²) >= 11 is 0. The minimum absolute atomic E-state index is 1.03. The van der Waals surface area contributed by atoms with Gasteiger partial charge in [0.15, 0.2) is 0 Å². The molecule has 0 aliphatic heterocycles. The van der Waals surface area contributed by atoms with Gasteiger partial charge in [-0.3, -0.25) is 0 Å². The van der Waals surface area contributed by atoms with Crippen LogP contribution in [-0.4, -0.2) is 0 Å². The molecule has 16 aromatic rings. The number of hydrogen-bond acceptors (Lipinski definition) is 4. The maximum Gasteiger partial charge on any atom is 0.0540 e. The first-order valence-electron chi connectivity index (χ1n) is 30.1. The van der Waals surface area contributed by atoms with E-state index in [2.05, 4.69) is 371 Å². The maximum absolute atomic E-state index is 2.42. The van der Waals surface area contributed by atoms with Crippen LogP contribution in [0.5, 0.6) is 0 Å². The molecule has 16 aromatic carbocycles. The van der Waals surface area contributed by atoms with E-state index in [4.69, 9.17) is 0 Å². The molecule has 0 aliphatic rings. The van der Waals surface area contributed by atoms with Crippen molar-refractivity contribution in [3.63, 3.8) is 0 Å². The number of hydrogen-bond donors (Lipinski definition) is 0. The zero-order chi connectivity index (χ0) is 58.3. The highest BCUT2D eigenvalue weighted by Gasteiger charge is 2.23. The fourth-order valence-corrected chi connectivity index (χ4v) is 13.2. The Labute approximate surface area is 512 Å². The van der Waals surface area contributed by atoms with Crippen molar-refractivity contribution in [1.82, 2.24) is 0 Å². The Balaban J connectivity index is 0.812. The van der Waals surface area contributed by atoms with Gasteiger partial charge in [0.2, 0.25) is 0 Å². The summed E-state index contributed by atoms with van der Waals surface area (Å²) in [5, 5.41) is 14.3. The third kappa shape index (κ3) is 9.37. The van der Waals surface area contributed by atoms with Crippen molar-refractivity contribution in [2.45, 2.75) is 0 Å². The van der Waals surface area contributed by atoms with Gasteiger partial charge < -0.3 is 19.6 Å². The number of anilines is 12.